The van der Waals surface area contributed by atoms with E-state index in [1.807, 2.05) is 27.7 Å². The number of hydrogen-bond donors (Lipinski definition) is 2. The zero-order valence-corrected chi connectivity index (χ0v) is 25.8. The molecule has 2 unspecified atom stereocenters. The maximum absolute atomic E-state index is 10.4. The maximum Gasteiger partial charge on any atom is 0.192 e. The normalized spacial score (nSPS) is 29.4. The van der Waals surface area contributed by atoms with Crippen LogP contribution in [0.15, 0.2) is 0 Å². The van der Waals surface area contributed by atoms with E-state index in [2.05, 4.69) is 47.7 Å². The number of hydrogen-bond acceptors (Lipinski definition) is 3. The second kappa shape index (κ2) is 10.5. The second-order valence-corrected chi connectivity index (χ2v) is 20.3. The molecule has 4 atom stereocenters. The van der Waals surface area contributed by atoms with Crippen molar-refractivity contribution in [2.24, 2.45) is 22.7 Å². The van der Waals surface area contributed by atoms with Crippen molar-refractivity contribution in [3.63, 3.8) is 0 Å². The Morgan fingerprint density at radius 1 is 0.794 bits per heavy atom. The topological polar surface area (TPSA) is 49.7 Å². The molecule has 4 heteroatoms. The van der Waals surface area contributed by atoms with Gasteiger partial charge in [-0.3, -0.25) is 0 Å². The van der Waals surface area contributed by atoms with Crippen LogP contribution in [0.2, 0.25) is 18.1 Å². The molecule has 0 heterocycles. The Bertz CT molecular complexity index is 631. The first kappa shape index (κ1) is 30.3. The van der Waals surface area contributed by atoms with E-state index in [0.717, 1.165) is 25.7 Å². The van der Waals surface area contributed by atoms with Crippen molar-refractivity contribution in [1.82, 2.24) is 0 Å². The van der Waals surface area contributed by atoms with Crippen LogP contribution in [0, 0.1) is 22.7 Å². The third-order valence-corrected chi connectivity index (χ3v) is 14.7. The van der Waals surface area contributed by atoms with Gasteiger partial charge in [0.2, 0.25) is 0 Å². The SMILES string of the molecule is CC(C)(O)CCCC(C)(CCCC(C)(C)O)C1CCC2[C@@H](O[Si](C)(C)C(C)(C)C)CCC[C@@]21C. The van der Waals surface area contributed by atoms with E-state index >= 15 is 0 Å². The van der Waals surface area contributed by atoms with Crippen LogP contribution in [-0.2, 0) is 4.43 Å². The molecule has 0 aromatic heterocycles. The molecule has 2 saturated carbocycles. The third kappa shape index (κ3) is 7.55. The van der Waals surface area contributed by atoms with Crippen molar-refractivity contribution < 1.29 is 14.6 Å². The fourth-order valence-electron chi connectivity index (χ4n) is 7.28. The minimum atomic E-state index is -1.79. The lowest BCUT2D eigenvalue weighted by Gasteiger charge is -2.53. The molecule has 0 spiro atoms. The van der Waals surface area contributed by atoms with Gasteiger partial charge < -0.3 is 14.6 Å². The second-order valence-electron chi connectivity index (χ2n) is 15.5. The van der Waals surface area contributed by atoms with Gasteiger partial charge in [0.15, 0.2) is 8.32 Å². The summed E-state index contributed by atoms with van der Waals surface area (Å²) in [6, 6.07) is 0. The standard InChI is InChI=1S/C30H60O3Si/c1-26(2,3)34(10,11)33-24-15-12-22-30(9)23(24)16-17-25(30)29(8,20-13-18-27(4,5)31)21-14-19-28(6,7)32/h23-25,31-32H,12-22H2,1-11H3/t23?,24-,25?,30-/m0/s1. The van der Waals surface area contributed by atoms with Gasteiger partial charge >= 0.3 is 0 Å². The molecule has 2 aliphatic carbocycles. The van der Waals surface area contributed by atoms with Crippen LogP contribution in [0.5, 0.6) is 0 Å². The molecule has 2 fully saturated rings. The molecule has 0 saturated heterocycles. The monoisotopic (exact) mass is 496 g/mol. The third-order valence-electron chi connectivity index (χ3n) is 10.2. The molecule has 2 N–H and O–H groups in total. The van der Waals surface area contributed by atoms with E-state index in [0.29, 0.717) is 23.4 Å². The van der Waals surface area contributed by atoms with Crippen LogP contribution in [0.25, 0.3) is 0 Å². The largest absolute Gasteiger partial charge is 0.414 e. The maximum atomic E-state index is 10.4. The average Bonchev–Trinajstić information content (AvgIpc) is 2.97. The first-order valence-corrected chi connectivity index (χ1v) is 17.2. The molecule has 2 aliphatic rings. The Morgan fingerprint density at radius 3 is 1.74 bits per heavy atom. The van der Waals surface area contributed by atoms with Gasteiger partial charge in [-0.1, -0.05) is 53.9 Å². The lowest BCUT2D eigenvalue weighted by molar-refractivity contribution is -0.0498. The van der Waals surface area contributed by atoms with Gasteiger partial charge in [0, 0.05) is 6.10 Å². The number of aliphatic hydroxyl groups is 2. The molecular weight excluding hydrogens is 436 g/mol. The number of fused-ring (bicyclic) bond motifs is 1. The van der Waals surface area contributed by atoms with Gasteiger partial charge in [0.25, 0.3) is 0 Å². The van der Waals surface area contributed by atoms with E-state index in [1.54, 1.807) is 0 Å². The quantitative estimate of drug-likeness (QED) is 0.282. The Balaban J connectivity index is 2.25. The van der Waals surface area contributed by atoms with Gasteiger partial charge in [0.1, 0.15) is 0 Å². The first-order valence-electron chi connectivity index (χ1n) is 14.3. The van der Waals surface area contributed by atoms with Crippen LogP contribution in [0.4, 0.5) is 0 Å². The fourth-order valence-corrected chi connectivity index (χ4v) is 8.68. The van der Waals surface area contributed by atoms with Gasteiger partial charge in [-0.05, 0) is 120 Å². The Morgan fingerprint density at radius 2 is 1.29 bits per heavy atom. The van der Waals surface area contributed by atoms with Crippen LogP contribution < -0.4 is 0 Å². The minimum absolute atomic E-state index is 0.249. The molecule has 0 aromatic rings. The predicted molar refractivity (Wildman–Crippen MR) is 149 cm³/mol. The molecule has 0 aromatic carbocycles. The van der Waals surface area contributed by atoms with Crippen molar-refractivity contribution in [3.8, 4) is 0 Å². The van der Waals surface area contributed by atoms with Gasteiger partial charge in [0.05, 0.1) is 11.2 Å². The summed E-state index contributed by atoms with van der Waals surface area (Å²) in [4.78, 5) is 0. The summed E-state index contributed by atoms with van der Waals surface area (Å²) >= 11 is 0. The summed E-state index contributed by atoms with van der Waals surface area (Å²) in [5.74, 6) is 1.36. The molecule has 0 bridgehead atoms. The highest BCUT2D eigenvalue weighted by molar-refractivity contribution is 6.74. The minimum Gasteiger partial charge on any atom is -0.414 e. The highest BCUT2D eigenvalue weighted by Gasteiger charge is 2.57. The van der Waals surface area contributed by atoms with Crippen LogP contribution in [0.3, 0.4) is 0 Å². The lowest BCUT2D eigenvalue weighted by atomic mass is 9.55. The molecule has 2 rings (SSSR count). The van der Waals surface area contributed by atoms with Crippen LogP contribution in [0.1, 0.15) is 133 Å². The van der Waals surface area contributed by atoms with Crippen molar-refractivity contribution >= 4 is 8.32 Å². The molecule has 0 radical (unpaired) electrons. The zero-order valence-electron chi connectivity index (χ0n) is 24.8. The summed E-state index contributed by atoms with van der Waals surface area (Å²) in [6.45, 7) is 24.8. The highest BCUT2D eigenvalue weighted by atomic mass is 28.4. The van der Waals surface area contributed by atoms with E-state index in [1.165, 1.54) is 44.9 Å². The van der Waals surface area contributed by atoms with Crippen molar-refractivity contribution in [2.75, 3.05) is 0 Å². The summed E-state index contributed by atoms with van der Waals surface area (Å²) < 4.78 is 7.11. The molecule has 202 valence electrons. The van der Waals surface area contributed by atoms with Crippen LogP contribution >= 0.6 is 0 Å². The number of rotatable bonds is 11. The van der Waals surface area contributed by atoms with Crippen molar-refractivity contribution in [1.29, 1.82) is 0 Å². The molecule has 34 heavy (non-hydrogen) atoms. The van der Waals surface area contributed by atoms with Gasteiger partial charge in [-0.15, -0.1) is 0 Å². The Labute approximate surface area is 214 Å². The summed E-state index contributed by atoms with van der Waals surface area (Å²) in [5.41, 5.74) is -0.603. The fraction of sp³-hybridized carbons (Fsp3) is 1.00. The molecule has 0 aliphatic heterocycles. The highest BCUT2D eigenvalue weighted by Crippen LogP contribution is 2.63. The summed E-state index contributed by atoms with van der Waals surface area (Å²) in [5, 5.41) is 21.0. The van der Waals surface area contributed by atoms with Crippen LogP contribution in [-0.4, -0.2) is 35.8 Å². The molecular formula is C30H60O3Si. The molecule has 0 amide bonds. The summed E-state index contributed by atoms with van der Waals surface area (Å²) in [7, 11) is -1.79. The van der Waals surface area contributed by atoms with Crippen molar-refractivity contribution in [2.45, 2.75) is 168 Å². The molecule has 3 nitrogen and oxygen atoms in total. The average molecular weight is 497 g/mol. The van der Waals surface area contributed by atoms with Gasteiger partial charge in [-0.25, -0.2) is 0 Å². The summed E-state index contributed by atoms with van der Waals surface area (Å²) in [6.07, 6.45) is 13.1. The Hall–Kier alpha value is 0.0969. The van der Waals surface area contributed by atoms with E-state index in [-0.39, 0.29) is 10.5 Å². The lowest BCUT2D eigenvalue weighted by Crippen LogP contribution is -2.51. The Kier molecular flexibility index (Phi) is 9.33. The van der Waals surface area contributed by atoms with E-state index in [4.69, 9.17) is 4.43 Å². The first-order chi connectivity index (χ1) is 15.2. The van der Waals surface area contributed by atoms with Crippen molar-refractivity contribution in [3.05, 3.63) is 0 Å². The van der Waals surface area contributed by atoms with E-state index in [9.17, 15) is 10.2 Å². The zero-order chi connectivity index (χ0) is 26.2. The van der Waals surface area contributed by atoms with E-state index < -0.39 is 19.5 Å². The predicted octanol–water partition coefficient (Wildman–Crippen LogP) is 8.48. The smallest absolute Gasteiger partial charge is 0.192 e. The van der Waals surface area contributed by atoms with Gasteiger partial charge in [-0.2, -0.15) is 0 Å².